The maximum atomic E-state index is 12.5. The molecular formula is C15H14F3N3O2S. The van der Waals surface area contributed by atoms with Crippen LogP contribution in [-0.2, 0) is 17.6 Å². The van der Waals surface area contributed by atoms with Crippen molar-refractivity contribution in [2.75, 3.05) is 0 Å². The van der Waals surface area contributed by atoms with E-state index < -0.39 is 12.1 Å². The van der Waals surface area contributed by atoms with Gasteiger partial charge in [-0.3, -0.25) is 4.84 Å². The summed E-state index contributed by atoms with van der Waals surface area (Å²) in [6.07, 6.45) is -3.98. The van der Waals surface area contributed by atoms with E-state index in [1.54, 1.807) is 29.3 Å². The Morgan fingerprint density at radius 2 is 1.92 bits per heavy atom. The molecule has 0 saturated carbocycles. The highest BCUT2D eigenvalue weighted by Gasteiger charge is 2.38. The average molecular weight is 357 g/mol. The number of hydrogen-bond donors (Lipinski definition) is 0. The Morgan fingerprint density at radius 1 is 1.25 bits per heavy atom. The second kappa shape index (κ2) is 5.82. The lowest BCUT2D eigenvalue weighted by Gasteiger charge is -2.21. The standard InChI is InChI=1S/C15H14F3N3O2S/c1-14(2)7-11(24)21(23-14)8-9-3-5-10(6-4-9)12-19-13(22-20-12)15(16,17)18/h3-6H,7-8H2,1-2H3. The summed E-state index contributed by atoms with van der Waals surface area (Å²) in [7, 11) is 0. The van der Waals surface area contributed by atoms with Gasteiger partial charge in [-0.15, -0.1) is 0 Å². The molecule has 0 amide bonds. The molecule has 1 aliphatic heterocycles. The van der Waals surface area contributed by atoms with E-state index in [0.29, 0.717) is 18.5 Å². The van der Waals surface area contributed by atoms with E-state index in [0.717, 1.165) is 10.6 Å². The number of halogens is 3. The predicted molar refractivity (Wildman–Crippen MR) is 82.7 cm³/mol. The van der Waals surface area contributed by atoms with E-state index in [9.17, 15) is 13.2 Å². The van der Waals surface area contributed by atoms with Crippen molar-refractivity contribution in [2.45, 2.75) is 38.6 Å². The maximum Gasteiger partial charge on any atom is 0.471 e. The van der Waals surface area contributed by atoms with Crippen molar-refractivity contribution in [2.24, 2.45) is 0 Å². The van der Waals surface area contributed by atoms with Gasteiger partial charge in [0, 0.05) is 12.0 Å². The zero-order chi connectivity index (χ0) is 17.5. The van der Waals surface area contributed by atoms with Gasteiger partial charge in [0.1, 0.15) is 4.99 Å². The molecule has 0 radical (unpaired) electrons. The third-order valence-electron chi connectivity index (χ3n) is 3.42. The van der Waals surface area contributed by atoms with Gasteiger partial charge in [0.2, 0.25) is 5.82 Å². The van der Waals surface area contributed by atoms with Gasteiger partial charge in [-0.2, -0.15) is 18.2 Å². The lowest BCUT2D eigenvalue weighted by Crippen LogP contribution is -2.24. The highest BCUT2D eigenvalue weighted by atomic mass is 32.1. The third-order valence-corrected chi connectivity index (χ3v) is 3.77. The van der Waals surface area contributed by atoms with Crippen molar-refractivity contribution in [3.05, 3.63) is 35.7 Å². The largest absolute Gasteiger partial charge is 0.471 e. The summed E-state index contributed by atoms with van der Waals surface area (Å²) < 4.78 is 41.7. The average Bonchev–Trinajstić information content (AvgIpc) is 3.04. The lowest BCUT2D eigenvalue weighted by atomic mass is 10.1. The highest BCUT2D eigenvalue weighted by molar-refractivity contribution is 7.80. The maximum absolute atomic E-state index is 12.5. The number of hydroxylamine groups is 2. The van der Waals surface area contributed by atoms with Gasteiger partial charge >= 0.3 is 12.1 Å². The Hall–Kier alpha value is -2.00. The molecule has 0 spiro atoms. The fourth-order valence-electron chi connectivity index (χ4n) is 2.34. The summed E-state index contributed by atoms with van der Waals surface area (Å²) >= 11 is 5.29. The van der Waals surface area contributed by atoms with Gasteiger partial charge in [0.25, 0.3) is 0 Å². The Labute approximate surface area is 141 Å². The SMILES string of the molecule is CC1(C)CC(=S)N(Cc2ccc(-c3noc(C(F)(F)F)n3)cc2)O1. The van der Waals surface area contributed by atoms with Crippen molar-refractivity contribution in [3.8, 4) is 11.4 Å². The molecular weight excluding hydrogens is 343 g/mol. The number of aromatic nitrogens is 2. The van der Waals surface area contributed by atoms with E-state index in [1.807, 2.05) is 13.8 Å². The molecule has 1 aliphatic rings. The molecule has 2 aromatic rings. The topological polar surface area (TPSA) is 51.4 Å². The molecule has 1 fully saturated rings. The van der Waals surface area contributed by atoms with Crippen LogP contribution in [0.1, 0.15) is 31.7 Å². The lowest BCUT2D eigenvalue weighted by molar-refractivity contribution is -0.160. The van der Waals surface area contributed by atoms with E-state index in [4.69, 9.17) is 17.1 Å². The zero-order valence-electron chi connectivity index (χ0n) is 12.9. The van der Waals surface area contributed by atoms with Crippen molar-refractivity contribution < 1.29 is 22.5 Å². The van der Waals surface area contributed by atoms with Crippen molar-refractivity contribution in [1.82, 2.24) is 15.2 Å². The molecule has 0 unspecified atom stereocenters. The van der Waals surface area contributed by atoms with Crippen LogP contribution in [-0.4, -0.2) is 25.8 Å². The van der Waals surface area contributed by atoms with Crippen LogP contribution in [0.5, 0.6) is 0 Å². The molecule has 0 atom stereocenters. The first-order valence-electron chi connectivity index (χ1n) is 7.14. The van der Waals surface area contributed by atoms with Gasteiger partial charge in [-0.25, -0.2) is 5.06 Å². The van der Waals surface area contributed by atoms with Crippen LogP contribution in [0.15, 0.2) is 28.8 Å². The normalized spacial score (nSPS) is 17.5. The van der Waals surface area contributed by atoms with Gasteiger partial charge < -0.3 is 4.52 Å². The first-order chi connectivity index (χ1) is 11.1. The minimum Gasteiger partial charge on any atom is -0.329 e. The smallest absolute Gasteiger partial charge is 0.329 e. The summed E-state index contributed by atoms with van der Waals surface area (Å²) in [5, 5.41) is 5.01. The summed E-state index contributed by atoms with van der Waals surface area (Å²) in [4.78, 5) is 9.82. The molecule has 0 bridgehead atoms. The minimum absolute atomic E-state index is 0.108. The van der Waals surface area contributed by atoms with Crippen LogP contribution in [0.3, 0.4) is 0 Å². The molecule has 24 heavy (non-hydrogen) atoms. The first-order valence-corrected chi connectivity index (χ1v) is 7.55. The van der Waals surface area contributed by atoms with Crippen LogP contribution >= 0.6 is 12.2 Å². The van der Waals surface area contributed by atoms with Gasteiger partial charge in [0.05, 0.1) is 12.1 Å². The van der Waals surface area contributed by atoms with E-state index in [1.165, 1.54) is 0 Å². The molecule has 2 heterocycles. The van der Waals surface area contributed by atoms with Crippen LogP contribution < -0.4 is 0 Å². The second-order valence-corrected chi connectivity index (χ2v) is 6.55. The highest BCUT2D eigenvalue weighted by Crippen LogP contribution is 2.30. The number of hydrogen-bond acceptors (Lipinski definition) is 5. The van der Waals surface area contributed by atoms with E-state index in [-0.39, 0.29) is 11.4 Å². The second-order valence-electron chi connectivity index (χ2n) is 6.08. The Bertz CT molecular complexity index is 756. The molecule has 0 N–H and O–H groups in total. The van der Waals surface area contributed by atoms with Crippen LogP contribution in [0.25, 0.3) is 11.4 Å². The van der Waals surface area contributed by atoms with Crippen LogP contribution in [0, 0.1) is 0 Å². The van der Waals surface area contributed by atoms with E-state index >= 15 is 0 Å². The molecule has 1 aromatic carbocycles. The summed E-state index contributed by atoms with van der Waals surface area (Å²) in [5.41, 5.74) is 1.01. The Morgan fingerprint density at radius 3 is 2.42 bits per heavy atom. The minimum atomic E-state index is -4.65. The van der Waals surface area contributed by atoms with Crippen molar-refractivity contribution >= 4 is 17.2 Å². The number of benzene rings is 1. The van der Waals surface area contributed by atoms with Gasteiger partial charge in [-0.1, -0.05) is 41.6 Å². The molecule has 3 rings (SSSR count). The fraction of sp³-hybridized carbons (Fsp3) is 0.400. The zero-order valence-corrected chi connectivity index (χ0v) is 13.7. The number of alkyl halides is 3. The fourth-order valence-corrected chi connectivity index (χ4v) is 2.78. The Kier molecular flexibility index (Phi) is 4.08. The number of nitrogens with zero attached hydrogens (tertiary/aromatic N) is 3. The molecule has 5 nitrogen and oxygen atoms in total. The summed E-state index contributed by atoms with van der Waals surface area (Å²) in [5.74, 6) is -1.47. The first kappa shape index (κ1) is 16.8. The van der Waals surface area contributed by atoms with Crippen molar-refractivity contribution in [3.63, 3.8) is 0 Å². The Balaban J connectivity index is 1.72. The van der Waals surface area contributed by atoms with Crippen LogP contribution in [0.4, 0.5) is 13.2 Å². The monoisotopic (exact) mass is 357 g/mol. The van der Waals surface area contributed by atoms with Gasteiger partial charge in [-0.05, 0) is 19.4 Å². The molecule has 1 aromatic heterocycles. The summed E-state index contributed by atoms with van der Waals surface area (Å²) in [6.45, 7) is 4.37. The summed E-state index contributed by atoms with van der Waals surface area (Å²) in [6, 6.07) is 6.78. The molecule has 9 heteroatoms. The molecule has 0 aliphatic carbocycles. The predicted octanol–water partition coefficient (Wildman–Crippen LogP) is 4.00. The van der Waals surface area contributed by atoms with Gasteiger partial charge in [0.15, 0.2) is 0 Å². The quantitative estimate of drug-likeness (QED) is 0.774. The number of thiocarbonyl (C=S) groups is 1. The number of rotatable bonds is 3. The third kappa shape index (κ3) is 3.57. The van der Waals surface area contributed by atoms with Crippen LogP contribution in [0.2, 0.25) is 0 Å². The van der Waals surface area contributed by atoms with Crippen molar-refractivity contribution in [1.29, 1.82) is 0 Å². The molecule has 1 saturated heterocycles. The van der Waals surface area contributed by atoms with E-state index in [2.05, 4.69) is 14.7 Å². The molecule has 128 valence electrons.